The normalized spacial score (nSPS) is 17.7. The number of nitrogens with zero attached hydrogens (tertiary/aromatic N) is 1. The molecule has 1 N–H and O–H groups in total. The van der Waals surface area contributed by atoms with Crippen molar-refractivity contribution in [3.63, 3.8) is 0 Å². The molecular formula is C23H26N2. The molecule has 3 rings (SSSR count). The molecular weight excluding hydrogens is 304 g/mol. The van der Waals surface area contributed by atoms with Gasteiger partial charge in [-0.2, -0.15) is 5.10 Å². The summed E-state index contributed by atoms with van der Waals surface area (Å²) in [6.45, 7) is 8.76. The molecule has 1 atom stereocenters. The van der Waals surface area contributed by atoms with Gasteiger partial charge in [0.1, 0.15) is 0 Å². The van der Waals surface area contributed by atoms with Crippen LogP contribution in [0.4, 0.5) is 5.69 Å². The minimum absolute atomic E-state index is 0.442. The van der Waals surface area contributed by atoms with Crippen LogP contribution in [-0.4, -0.2) is 5.71 Å². The van der Waals surface area contributed by atoms with Gasteiger partial charge in [-0.3, -0.25) is 5.43 Å². The summed E-state index contributed by atoms with van der Waals surface area (Å²) in [5.74, 6) is 0.442. The molecule has 1 aliphatic rings. The quantitative estimate of drug-likeness (QED) is 0.519. The fourth-order valence-corrected chi connectivity index (χ4v) is 3.36. The third-order valence-electron chi connectivity index (χ3n) is 5.10. The van der Waals surface area contributed by atoms with E-state index in [0.29, 0.717) is 5.92 Å². The number of nitrogens with one attached hydrogen (secondary N) is 1. The zero-order valence-corrected chi connectivity index (χ0v) is 15.5. The second-order valence-corrected chi connectivity index (χ2v) is 6.86. The molecule has 1 aliphatic carbocycles. The molecule has 0 fully saturated rings. The molecule has 2 aromatic carbocycles. The summed E-state index contributed by atoms with van der Waals surface area (Å²) in [5, 5.41) is 4.80. The van der Waals surface area contributed by atoms with Gasteiger partial charge in [0, 0.05) is 12.3 Å². The molecule has 0 aliphatic heterocycles. The Balaban J connectivity index is 1.90. The maximum Gasteiger partial charge on any atom is 0.0688 e. The Morgan fingerprint density at radius 2 is 1.60 bits per heavy atom. The van der Waals surface area contributed by atoms with Gasteiger partial charge in [0.2, 0.25) is 0 Å². The predicted molar refractivity (Wildman–Crippen MR) is 108 cm³/mol. The monoisotopic (exact) mass is 330 g/mol. The average Bonchev–Trinajstić information content (AvgIpc) is 2.86. The summed E-state index contributed by atoms with van der Waals surface area (Å²) in [6, 6.07) is 18.7. The number of allylic oxidation sites excluding steroid dienone is 4. The first-order chi connectivity index (χ1) is 12.1. The van der Waals surface area contributed by atoms with Crippen molar-refractivity contribution in [2.75, 3.05) is 5.43 Å². The van der Waals surface area contributed by atoms with Crippen molar-refractivity contribution in [1.29, 1.82) is 0 Å². The van der Waals surface area contributed by atoms with Gasteiger partial charge in [0.25, 0.3) is 0 Å². The lowest BCUT2D eigenvalue weighted by molar-refractivity contribution is 0.759. The van der Waals surface area contributed by atoms with E-state index in [0.717, 1.165) is 17.8 Å². The maximum atomic E-state index is 4.80. The predicted octanol–water partition coefficient (Wildman–Crippen LogP) is 6.11. The lowest BCUT2D eigenvalue weighted by atomic mass is 9.89. The lowest BCUT2D eigenvalue weighted by Crippen LogP contribution is -2.12. The molecule has 128 valence electrons. The van der Waals surface area contributed by atoms with Crippen molar-refractivity contribution in [1.82, 2.24) is 0 Å². The Morgan fingerprint density at radius 1 is 0.920 bits per heavy atom. The van der Waals surface area contributed by atoms with Crippen molar-refractivity contribution >= 4 is 11.4 Å². The third kappa shape index (κ3) is 3.90. The second kappa shape index (κ2) is 7.52. The molecule has 0 spiro atoms. The molecule has 2 heteroatoms. The topological polar surface area (TPSA) is 24.4 Å². The van der Waals surface area contributed by atoms with E-state index in [4.69, 9.17) is 5.10 Å². The molecule has 0 aromatic heterocycles. The number of benzene rings is 2. The van der Waals surface area contributed by atoms with Crippen LogP contribution in [0.5, 0.6) is 0 Å². The number of rotatable bonds is 5. The third-order valence-corrected chi connectivity index (χ3v) is 5.10. The van der Waals surface area contributed by atoms with Gasteiger partial charge in [-0.15, -0.1) is 0 Å². The van der Waals surface area contributed by atoms with Gasteiger partial charge in [-0.05, 0) is 44.9 Å². The first kappa shape index (κ1) is 17.2. The van der Waals surface area contributed by atoms with E-state index in [1.54, 1.807) is 0 Å². The van der Waals surface area contributed by atoms with Crippen LogP contribution in [0.15, 0.2) is 82.5 Å². The summed E-state index contributed by atoms with van der Waals surface area (Å²) >= 11 is 0. The van der Waals surface area contributed by atoms with Crippen molar-refractivity contribution < 1.29 is 0 Å². The minimum atomic E-state index is 0.442. The van der Waals surface area contributed by atoms with E-state index < -0.39 is 0 Å². The molecule has 0 saturated carbocycles. The van der Waals surface area contributed by atoms with E-state index in [9.17, 15) is 0 Å². The van der Waals surface area contributed by atoms with Crippen LogP contribution in [0.25, 0.3) is 0 Å². The van der Waals surface area contributed by atoms with E-state index in [2.05, 4.69) is 75.6 Å². The SMILES string of the molecule is CC1=CC(C)=C(C)C1CC(=NNc1ccccc1C)c1ccccc1. The zero-order valence-electron chi connectivity index (χ0n) is 15.5. The Kier molecular flexibility index (Phi) is 5.18. The Hall–Kier alpha value is -2.61. The molecule has 0 radical (unpaired) electrons. The van der Waals surface area contributed by atoms with Gasteiger partial charge in [-0.25, -0.2) is 0 Å². The molecule has 0 heterocycles. The van der Waals surface area contributed by atoms with Gasteiger partial charge >= 0.3 is 0 Å². The Labute approximate surface area is 151 Å². The summed E-state index contributed by atoms with van der Waals surface area (Å²) < 4.78 is 0. The first-order valence-electron chi connectivity index (χ1n) is 8.85. The highest BCUT2D eigenvalue weighted by molar-refractivity contribution is 6.01. The number of hydrogen-bond acceptors (Lipinski definition) is 2. The number of hydrazone groups is 1. The standard InChI is InChI=1S/C23H26N2/c1-16-10-8-9-13-22(16)24-25-23(20-11-6-5-7-12-20)15-21-18(3)14-17(2)19(21)4/h5-14,21,24H,15H2,1-4H3. The molecule has 1 unspecified atom stereocenters. The van der Waals surface area contributed by atoms with Gasteiger partial charge in [0.15, 0.2) is 0 Å². The summed E-state index contributed by atoms with van der Waals surface area (Å²) in [6.07, 6.45) is 3.21. The number of aryl methyl sites for hydroxylation is 1. The molecule has 0 bridgehead atoms. The van der Waals surface area contributed by atoms with Crippen LogP contribution >= 0.6 is 0 Å². The average molecular weight is 330 g/mol. The largest absolute Gasteiger partial charge is 0.278 e. The second-order valence-electron chi connectivity index (χ2n) is 6.86. The van der Waals surface area contributed by atoms with Crippen LogP contribution < -0.4 is 5.43 Å². The highest BCUT2D eigenvalue weighted by atomic mass is 15.3. The number of para-hydroxylation sites is 1. The summed E-state index contributed by atoms with van der Waals surface area (Å²) in [5.41, 5.74) is 12.1. The van der Waals surface area contributed by atoms with Crippen LogP contribution in [0.1, 0.15) is 38.3 Å². The molecule has 2 aromatic rings. The molecule has 25 heavy (non-hydrogen) atoms. The highest BCUT2D eigenvalue weighted by Crippen LogP contribution is 2.34. The smallest absolute Gasteiger partial charge is 0.0688 e. The number of anilines is 1. The first-order valence-corrected chi connectivity index (χ1v) is 8.85. The van der Waals surface area contributed by atoms with Crippen LogP contribution in [0.3, 0.4) is 0 Å². The summed E-state index contributed by atoms with van der Waals surface area (Å²) in [7, 11) is 0. The van der Waals surface area contributed by atoms with E-state index in [1.165, 1.54) is 27.8 Å². The van der Waals surface area contributed by atoms with E-state index in [-0.39, 0.29) is 0 Å². The van der Waals surface area contributed by atoms with Crippen LogP contribution in [-0.2, 0) is 0 Å². The highest BCUT2D eigenvalue weighted by Gasteiger charge is 2.22. The minimum Gasteiger partial charge on any atom is -0.278 e. The molecule has 0 amide bonds. The van der Waals surface area contributed by atoms with E-state index >= 15 is 0 Å². The fourth-order valence-electron chi connectivity index (χ4n) is 3.36. The van der Waals surface area contributed by atoms with Crippen molar-refractivity contribution in [2.24, 2.45) is 11.0 Å². The van der Waals surface area contributed by atoms with Gasteiger partial charge in [0.05, 0.1) is 11.4 Å². The maximum absolute atomic E-state index is 4.80. The van der Waals surface area contributed by atoms with Crippen LogP contribution in [0, 0.1) is 12.8 Å². The van der Waals surface area contributed by atoms with Crippen molar-refractivity contribution in [3.05, 3.63) is 88.5 Å². The Morgan fingerprint density at radius 3 is 2.24 bits per heavy atom. The number of hydrogen-bond donors (Lipinski definition) is 1. The van der Waals surface area contributed by atoms with Gasteiger partial charge < -0.3 is 0 Å². The zero-order chi connectivity index (χ0) is 17.8. The van der Waals surface area contributed by atoms with Crippen molar-refractivity contribution in [2.45, 2.75) is 34.1 Å². The van der Waals surface area contributed by atoms with E-state index in [1.807, 2.05) is 18.2 Å². The summed E-state index contributed by atoms with van der Waals surface area (Å²) in [4.78, 5) is 0. The fraction of sp³-hybridized carbons (Fsp3) is 0.261. The van der Waals surface area contributed by atoms with Crippen molar-refractivity contribution in [3.8, 4) is 0 Å². The lowest BCUT2D eigenvalue weighted by Gasteiger charge is -2.17. The van der Waals surface area contributed by atoms with Crippen LogP contribution in [0.2, 0.25) is 0 Å². The molecule has 2 nitrogen and oxygen atoms in total. The Bertz CT molecular complexity index is 841. The van der Waals surface area contributed by atoms with Gasteiger partial charge in [-0.1, -0.05) is 71.3 Å². The molecule has 0 saturated heterocycles.